The number of carbonyl (C=O) groups is 2. The maximum atomic E-state index is 12.6. The minimum absolute atomic E-state index is 0.00552. The van der Waals surface area contributed by atoms with Gasteiger partial charge in [-0.25, -0.2) is 0 Å². The molecular weight excluding hydrogens is 1110 g/mol. The molecule has 3 N–H and O–H groups in total. The van der Waals surface area contributed by atoms with Crippen molar-refractivity contribution in [2.24, 2.45) is 0 Å². The van der Waals surface area contributed by atoms with Crippen LogP contribution in [0.4, 0.5) is 0 Å². The molecule has 2 unspecified atom stereocenters. The Bertz CT molecular complexity index is 1520. The lowest BCUT2D eigenvalue weighted by Crippen LogP contribution is -2.45. The summed E-state index contributed by atoms with van der Waals surface area (Å²) in [4.78, 5) is 24.7. The Morgan fingerprint density at radius 1 is 0.308 bits per heavy atom. The molecule has 0 rings (SSSR count). The number of ether oxygens (including phenoxy) is 1. The largest absolute Gasteiger partial charge is 0.466 e. The molecule has 0 aliphatic rings. The van der Waals surface area contributed by atoms with E-state index in [1.165, 1.54) is 379 Å². The molecule has 0 saturated carbocycles. The molecule has 6 nitrogen and oxygen atoms in total. The second-order valence-electron chi connectivity index (χ2n) is 28.4. The van der Waals surface area contributed by atoms with Crippen molar-refractivity contribution in [2.75, 3.05) is 13.2 Å². The van der Waals surface area contributed by atoms with Crippen molar-refractivity contribution in [3.63, 3.8) is 0 Å². The maximum Gasteiger partial charge on any atom is 0.305 e. The fraction of sp³-hybridized carbons (Fsp3) is 0.882. The van der Waals surface area contributed by atoms with Gasteiger partial charge in [0.05, 0.1) is 25.4 Å². The lowest BCUT2D eigenvalue weighted by Gasteiger charge is -2.20. The fourth-order valence-corrected chi connectivity index (χ4v) is 13.0. The average molecular weight is 1280 g/mol. The Morgan fingerprint density at radius 3 is 0.857 bits per heavy atom. The lowest BCUT2D eigenvalue weighted by molar-refractivity contribution is -0.143. The van der Waals surface area contributed by atoms with Gasteiger partial charge in [-0.15, -0.1) is 0 Å². The number of hydrogen-bond acceptors (Lipinski definition) is 5. The summed E-state index contributed by atoms with van der Waals surface area (Å²) in [5.74, 6) is -0.0544. The van der Waals surface area contributed by atoms with E-state index in [1.54, 1.807) is 6.08 Å². The SMILES string of the molecule is CCCCCC/C=C\C/C=C\CCCCCCCC(=O)OCCCCCCCCCCCCCC/C=C\CCCCCCCCCCCCCCCCCCCC(=O)NC(CO)C(O)/C=C/CCCCCCCCCCCCCCCCCCCCCCCCC. The normalized spacial score (nSPS) is 12.7. The first kappa shape index (κ1) is 88.8. The van der Waals surface area contributed by atoms with Crippen LogP contribution in [0.5, 0.6) is 0 Å². The summed E-state index contributed by atoms with van der Waals surface area (Å²) in [6.07, 6.45) is 107. The number of hydrogen-bond donors (Lipinski definition) is 3. The van der Waals surface area contributed by atoms with Gasteiger partial charge in [-0.3, -0.25) is 9.59 Å². The standard InChI is InChI=1S/C85H161NO5/c1-3-5-7-9-11-13-15-17-19-21-22-23-24-34-37-40-43-46-49-53-57-61-65-69-73-77-83(88)82(81-87)86-84(89)78-74-70-66-62-58-54-50-47-44-41-38-35-32-30-28-26-25-27-29-31-33-36-39-42-45-48-52-56-60-64-68-72-76-80-91-85(90)79-75-71-67-63-59-55-51-20-18-16-14-12-10-8-6-4-2/h14,16,20,29,31,51,73,77,82-83,87-88H,3-13,15,17-19,21-28,30,32-50,52-72,74-76,78-81H2,1-2H3,(H,86,89)/b16-14-,31-29-,51-20-,77-73+. The van der Waals surface area contributed by atoms with Gasteiger partial charge in [0.1, 0.15) is 0 Å². The van der Waals surface area contributed by atoms with Gasteiger partial charge in [0.2, 0.25) is 5.91 Å². The summed E-state index contributed by atoms with van der Waals surface area (Å²) in [6, 6.07) is -0.628. The number of carbonyl (C=O) groups excluding carboxylic acids is 2. The minimum atomic E-state index is -0.845. The molecule has 0 spiro atoms. The molecule has 0 aliphatic carbocycles. The monoisotopic (exact) mass is 1280 g/mol. The molecule has 91 heavy (non-hydrogen) atoms. The van der Waals surface area contributed by atoms with E-state index in [-0.39, 0.29) is 18.5 Å². The highest BCUT2D eigenvalue weighted by Crippen LogP contribution is 2.20. The molecule has 2 atom stereocenters. The highest BCUT2D eigenvalue weighted by Gasteiger charge is 2.18. The van der Waals surface area contributed by atoms with E-state index in [4.69, 9.17) is 4.74 Å². The van der Waals surface area contributed by atoms with Gasteiger partial charge >= 0.3 is 5.97 Å². The summed E-state index contributed by atoms with van der Waals surface area (Å²) in [7, 11) is 0. The van der Waals surface area contributed by atoms with Gasteiger partial charge in [0.15, 0.2) is 0 Å². The van der Waals surface area contributed by atoms with Gasteiger partial charge < -0.3 is 20.3 Å². The molecule has 0 heterocycles. The van der Waals surface area contributed by atoms with Crippen LogP contribution in [0.25, 0.3) is 0 Å². The number of aliphatic hydroxyl groups excluding tert-OH is 2. The molecule has 1 amide bonds. The van der Waals surface area contributed by atoms with Crippen molar-refractivity contribution in [3.05, 3.63) is 48.6 Å². The molecule has 6 heteroatoms. The van der Waals surface area contributed by atoms with Crippen molar-refractivity contribution < 1.29 is 24.5 Å². The molecule has 0 aliphatic heterocycles. The van der Waals surface area contributed by atoms with E-state index in [0.717, 1.165) is 51.4 Å². The van der Waals surface area contributed by atoms with Crippen molar-refractivity contribution in [2.45, 2.75) is 469 Å². The van der Waals surface area contributed by atoms with Crippen molar-refractivity contribution in [1.29, 1.82) is 0 Å². The summed E-state index contributed by atoms with van der Waals surface area (Å²) in [6.45, 7) is 4.93. The molecule has 0 aromatic carbocycles. The Balaban J connectivity index is 3.38. The van der Waals surface area contributed by atoms with Gasteiger partial charge in [-0.1, -0.05) is 403 Å². The molecule has 0 fully saturated rings. The zero-order chi connectivity index (χ0) is 65.6. The minimum Gasteiger partial charge on any atom is -0.466 e. The summed E-state index contributed by atoms with van der Waals surface area (Å²) < 4.78 is 5.50. The van der Waals surface area contributed by atoms with Crippen LogP contribution < -0.4 is 5.32 Å². The number of esters is 1. The molecule has 0 saturated heterocycles. The van der Waals surface area contributed by atoms with E-state index in [1.807, 2.05) is 6.08 Å². The van der Waals surface area contributed by atoms with Crippen molar-refractivity contribution in [1.82, 2.24) is 5.32 Å². The number of amides is 1. The number of aliphatic hydroxyl groups is 2. The Labute approximate surface area is 569 Å². The van der Waals surface area contributed by atoms with Gasteiger partial charge in [-0.2, -0.15) is 0 Å². The van der Waals surface area contributed by atoms with E-state index in [0.29, 0.717) is 19.4 Å². The molecular formula is C85H161NO5. The smallest absolute Gasteiger partial charge is 0.305 e. The van der Waals surface area contributed by atoms with Gasteiger partial charge in [0.25, 0.3) is 0 Å². The third-order valence-electron chi connectivity index (χ3n) is 19.3. The van der Waals surface area contributed by atoms with E-state index in [2.05, 4.69) is 55.6 Å². The van der Waals surface area contributed by atoms with Crippen LogP contribution in [0.15, 0.2) is 48.6 Å². The zero-order valence-electron chi connectivity index (χ0n) is 61.6. The number of unbranched alkanes of at least 4 members (excludes halogenated alkanes) is 61. The third-order valence-corrected chi connectivity index (χ3v) is 19.3. The number of nitrogens with one attached hydrogen (secondary N) is 1. The summed E-state index contributed by atoms with van der Waals surface area (Å²) in [5.41, 5.74) is 0. The third kappa shape index (κ3) is 76.7. The first-order valence-corrected chi connectivity index (χ1v) is 41.4. The number of allylic oxidation sites excluding steroid dienone is 7. The predicted octanol–water partition coefficient (Wildman–Crippen LogP) is 27.5. The topological polar surface area (TPSA) is 95.9 Å². The van der Waals surface area contributed by atoms with E-state index >= 15 is 0 Å². The second-order valence-corrected chi connectivity index (χ2v) is 28.4. The molecule has 0 bridgehead atoms. The second kappa shape index (κ2) is 80.3. The quantitative estimate of drug-likeness (QED) is 0.0320. The van der Waals surface area contributed by atoms with Crippen LogP contribution in [0, 0.1) is 0 Å². The van der Waals surface area contributed by atoms with Crippen LogP contribution >= 0.6 is 0 Å². The van der Waals surface area contributed by atoms with E-state index in [9.17, 15) is 19.8 Å². The van der Waals surface area contributed by atoms with Gasteiger partial charge in [-0.05, 0) is 89.9 Å². The van der Waals surface area contributed by atoms with Crippen molar-refractivity contribution >= 4 is 11.9 Å². The van der Waals surface area contributed by atoms with Crippen LogP contribution in [-0.2, 0) is 14.3 Å². The van der Waals surface area contributed by atoms with Crippen LogP contribution in [0.3, 0.4) is 0 Å². The lowest BCUT2D eigenvalue weighted by atomic mass is 10.0. The van der Waals surface area contributed by atoms with Crippen LogP contribution in [-0.4, -0.2) is 47.4 Å². The van der Waals surface area contributed by atoms with Crippen LogP contribution in [0.2, 0.25) is 0 Å². The molecule has 0 aromatic rings. The summed E-state index contributed by atoms with van der Waals surface area (Å²) >= 11 is 0. The highest BCUT2D eigenvalue weighted by atomic mass is 16.5. The predicted molar refractivity (Wildman–Crippen MR) is 402 cm³/mol. The first-order valence-electron chi connectivity index (χ1n) is 41.4. The van der Waals surface area contributed by atoms with E-state index < -0.39 is 12.1 Å². The Hall–Kier alpha value is -2.18. The fourth-order valence-electron chi connectivity index (χ4n) is 13.0. The Morgan fingerprint density at radius 2 is 0.549 bits per heavy atom. The Kier molecular flexibility index (Phi) is 78.3. The number of rotatable bonds is 78. The maximum absolute atomic E-state index is 12.6. The molecule has 0 radical (unpaired) electrons. The molecule has 536 valence electrons. The van der Waals surface area contributed by atoms with Gasteiger partial charge in [0, 0.05) is 12.8 Å². The highest BCUT2D eigenvalue weighted by molar-refractivity contribution is 5.76. The summed E-state index contributed by atoms with van der Waals surface area (Å²) in [5, 5.41) is 23.3. The first-order chi connectivity index (χ1) is 45.0. The van der Waals surface area contributed by atoms with Crippen LogP contribution in [0.1, 0.15) is 457 Å². The van der Waals surface area contributed by atoms with Crippen molar-refractivity contribution in [3.8, 4) is 0 Å². The average Bonchev–Trinajstić information content (AvgIpc) is 3.58. The molecule has 0 aromatic heterocycles. The zero-order valence-corrected chi connectivity index (χ0v) is 61.6.